The number of hydrogen-bond acceptors (Lipinski definition) is 2. The third kappa shape index (κ3) is 4.27. The van der Waals surface area contributed by atoms with Crippen LogP contribution in [0.25, 0.3) is 0 Å². The highest BCUT2D eigenvalue weighted by Gasteiger charge is 2.18. The van der Waals surface area contributed by atoms with Gasteiger partial charge in [-0.1, -0.05) is 37.5 Å². The van der Waals surface area contributed by atoms with E-state index in [9.17, 15) is 4.79 Å². The molecule has 2 nitrogen and oxygen atoms in total. The molecule has 0 N–H and O–H groups in total. The van der Waals surface area contributed by atoms with Gasteiger partial charge >= 0.3 is 0 Å². The van der Waals surface area contributed by atoms with E-state index < -0.39 is 0 Å². The zero-order valence-corrected chi connectivity index (χ0v) is 12.5. The van der Waals surface area contributed by atoms with Gasteiger partial charge in [0.15, 0.2) is 0 Å². The van der Waals surface area contributed by atoms with E-state index >= 15 is 0 Å². The van der Waals surface area contributed by atoms with E-state index in [0.717, 1.165) is 12.2 Å². The predicted molar refractivity (Wildman–Crippen MR) is 83.8 cm³/mol. The Hall–Kier alpha value is -0.960. The first-order valence-electron chi connectivity index (χ1n) is 7.28. The topological polar surface area (TPSA) is 20.3 Å². The molecule has 3 heteroatoms. The van der Waals surface area contributed by atoms with Gasteiger partial charge < -0.3 is 4.90 Å². The molecule has 0 aromatic heterocycles. The van der Waals surface area contributed by atoms with Crippen LogP contribution in [0.15, 0.2) is 30.3 Å². The Morgan fingerprint density at radius 2 is 1.89 bits per heavy atom. The minimum atomic E-state index is 0.240. The van der Waals surface area contributed by atoms with Crippen molar-refractivity contribution in [2.45, 2.75) is 44.3 Å². The van der Waals surface area contributed by atoms with Crippen LogP contribution in [0.4, 0.5) is 5.69 Å². The number of nitrogens with zero attached hydrogens (tertiary/aromatic N) is 1. The first-order valence-corrected chi connectivity index (χ1v) is 8.33. The second-order valence-corrected chi connectivity index (χ2v) is 6.33. The molecular weight excluding hydrogens is 254 g/mol. The van der Waals surface area contributed by atoms with E-state index in [1.54, 1.807) is 0 Å². The second kappa shape index (κ2) is 7.59. The van der Waals surface area contributed by atoms with Gasteiger partial charge in [-0.15, -0.1) is 11.8 Å². The summed E-state index contributed by atoms with van der Waals surface area (Å²) in [5.41, 5.74) is 1.01. The molecule has 0 spiro atoms. The molecule has 19 heavy (non-hydrogen) atoms. The number of rotatable bonds is 5. The van der Waals surface area contributed by atoms with Gasteiger partial charge in [-0.05, 0) is 31.9 Å². The summed E-state index contributed by atoms with van der Waals surface area (Å²) in [4.78, 5) is 14.2. The average molecular weight is 277 g/mol. The quantitative estimate of drug-likeness (QED) is 0.807. The van der Waals surface area contributed by atoms with Crippen molar-refractivity contribution in [2.24, 2.45) is 0 Å². The molecule has 0 radical (unpaired) electrons. The molecule has 1 aliphatic rings. The maximum atomic E-state index is 12.3. The van der Waals surface area contributed by atoms with Crippen molar-refractivity contribution in [3.05, 3.63) is 30.3 Å². The monoisotopic (exact) mass is 277 g/mol. The Morgan fingerprint density at radius 1 is 1.21 bits per heavy atom. The van der Waals surface area contributed by atoms with Crippen molar-refractivity contribution in [3.8, 4) is 0 Å². The van der Waals surface area contributed by atoms with E-state index in [4.69, 9.17) is 0 Å². The third-order valence-corrected chi connectivity index (χ3v) is 5.04. The fraction of sp³-hybridized carbons (Fsp3) is 0.562. The van der Waals surface area contributed by atoms with Gasteiger partial charge in [0.05, 0.1) is 5.75 Å². The molecule has 2 rings (SSSR count). The molecule has 0 atom stereocenters. The Kier molecular flexibility index (Phi) is 5.77. The molecule has 0 heterocycles. The fourth-order valence-electron chi connectivity index (χ4n) is 2.61. The van der Waals surface area contributed by atoms with Crippen LogP contribution < -0.4 is 4.90 Å². The maximum absolute atomic E-state index is 12.3. The standard InChI is InChI=1S/C16H23NOS/c1-2-17(14-9-5-3-6-10-14)16(18)13-19-15-11-7-4-8-12-15/h3,5-6,9-10,15H,2,4,7-8,11-13H2,1H3. The fourth-order valence-corrected chi connectivity index (χ4v) is 3.81. The number of para-hydroxylation sites is 1. The van der Waals surface area contributed by atoms with Gasteiger partial charge in [0, 0.05) is 17.5 Å². The molecule has 1 fully saturated rings. The Balaban J connectivity index is 1.86. The normalized spacial score (nSPS) is 16.3. The first-order chi connectivity index (χ1) is 9.31. The smallest absolute Gasteiger partial charge is 0.236 e. The van der Waals surface area contributed by atoms with Crippen LogP contribution in [0.5, 0.6) is 0 Å². The predicted octanol–water partition coefficient (Wildman–Crippen LogP) is 4.11. The van der Waals surface area contributed by atoms with Crippen molar-refractivity contribution < 1.29 is 4.79 Å². The second-order valence-electron chi connectivity index (χ2n) is 5.04. The van der Waals surface area contributed by atoms with E-state index in [-0.39, 0.29) is 5.91 Å². The van der Waals surface area contributed by atoms with Crippen molar-refractivity contribution in [1.82, 2.24) is 0 Å². The number of carbonyl (C=O) groups excluding carboxylic acids is 1. The highest BCUT2D eigenvalue weighted by atomic mass is 32.2. The van der Waals surface area contributed by atoms with E-state index in [2.05, 4.69) is 0 Å². The molecular formula is C16H23NOS. The lowest BCUT2D eigenvalue weighted by molar-refractivity contribution is -0.116. The summed E-state index contributed by atoms with van der Waals surface area (Å²) in [5, 5.41) is 0.701. The van der Waals surface area contributed by atoms with Gasteiger partial charge in [-0.2, -0.15) is 0 Å². The van der Waals surface area contributed by atoms with Gasteiger partial charge in [0.2, 0.25) is 5.91 Å². The van der Waals surface area contributed by atoms with Crippen LogP contribution in [0, 0.1) is 0 Å². The van der Waals surface area contributed by atoms with Gasteiger partial charge in [-0.3, -0.25) is 4.79 Å². The average Bonchev–Trinajstić information content (AvgIpc) is 2.48. The lowest BCUT2D eigenvalue weighted by atomic mass is 10.0. The van der Waals surface area contributed by atoms with Crippen LogP contribution in [0.2, 0.25) is 0 Å². The summed E-state index contributed by atoms with van der Waals surface area (Å²) in [6.07, 6.45) is 6.62. The zero-order valence-electron chi connectivity index (χ0n) is 11.7. The number of benzene rings is 1. The molecule has 0 bridgehead atoms. The minimum Gasteiger partial charge on any atom is -0.312 e. The summed E-state index contributed by atoms with van der Waals surface area (Å²) in [6, 6.07) is 9.97. The number of amides is 1. The molecule has 1 saturated carbocycles. The number of thioether (sulfide) groups is 1. The molecule has 1 aliphatic carbocycles. The molecule has 1 aromatic carbocycles. The van der Waals surface area contributed by atoms with E-state index in [1.165, 1.54) is 32.1 Å². The Bertz CT molecular complexity index is 387. The van der Waals surface area contributed by atoms with Crippen molar-refractivity contribution in [1.29, 1.82) is 0 Å². The molecule has 1 aromatic rings. The van der Waals surface area contributed by atoms with Crippen molar-refractivity contribution >= 4 is 23.4 Å². The van der Waals surface area contributed by atoms with Crippen molar-refractivity contribution in [2.75, 3.05) is 17.2 Å². The summed E-state index contributed by atoms with van der Waals surface area (Å²) in [7, 11) is 0. The third-order valence-electron chi connectivity index (χ3n) is 3.68. The van der Waals surface area contributed by atoms with Crippen LogP contribution in [-0.2, 0) is 4.79 Å². The minimum absolute atomic E-state index is 0.240. The summed E-state index contributed by atoms with van der Waals surface area (Å²) in [5.74, 6) is 0.859. The number of anilines is 1. The largest absolute Gasteiger partial charge is 0.312 e. The molecule has 0 saturated heterocycles. The molecule has 104 valence electrons. The summed E-state index contributed by atoms with van der Waals surface area (Å²) < 4.78 is 0. The highest BCUT2D eigenvalue weighted by molar-refractivity contribution is 8.00. The van der Waals surface area contributed by atoms with Gasteiger partial charge in [0.25, 0.3) is 0 Å². The van der Waals surface area contributed by atoms with Crippen LogP contribution in [0.3, 0.4) is 0 Å². The van der Waals surface area contributed by atoms with E-state index in [0.29, 0.717) is 11.0 Å². The van der Waals surface area contributed by atoms with Crippen LogP contribution in [-0.4, -0.2) is 23.5 Å². The maximum Gasteiger partial charge on any atom is 0.236 e. The lowest BCUT2D eigenvalue weighted by Crippen LogP contribution is -2.32. The van der Waals surface area contributed by atoms with Crippen LogP contribution >= 0.6 is 11.8 Å². The molecule has 0 aliphatic heterocycles. The van der Waals surface area contributed by atoms with Gasteiger partial charge in [0.1, 0.15) is 0 Å². The molecule has 1 amide bonds. The van der Waals surface area contributed by atoms with Crippen LogP contribution in [0.1, 0.15) is 39.0 Å². The number of hydrogen-bond donors (Lipinski definition) is 0. The lowest BCUT2D eigenvalue weighted by Gasteiger charge is -2.24. The molecule has 0 unspecified atom stereocenters. The zero-order chi connectivity index (χ0) is 13.5. The highest BCUT2D eigenvalue weighted by Crippen LogP contribution is 2.28. The Labute approximate surface area is 120 Å². The summed E-state index contributed by atoms with van der Waals surface area (Å²) in [6.45, 7) is 2.78. The SMILES string of the molecule is CCN(C(=O)CSC1CCCCC1)c1ccccc1. The first kappa shape index (κ1) is 14.4. The Morgan fingerprint density at radius 3 is 2.53 bits per heavy atom. The van der Waals surface area contributed by atoms with E-state index in [1.807, 2.05) is 53.9 Å². The number of carbonyl (C=O) groups is 1. The van der Waals surface area contributed by atoms with Gasteiger partial charge in [-0.25, -0.2) is 0 Å². The van der Waals surface area contributed by atoms with Crippen molar-refractivity contribution in [3.63, 3.8) is 0 Å². The summed E-state index contributed by atoms with van der Waals surface area (Å²) >= 11 is 1.85.